The van der Waals surface area contributed by atoms with Gasteiger partial charge in [-0.1, -0.05) is 90.5 Å². The zero-order chi connectivity index (χ0) is 25.3. The van der Waals surface area contributed by atoms with Crippen LogP contribution in [0.15, 0.2) is 97.1 Å². The first kappa shape index (κ1) is 21.7. The van der Waals surface area contributed by atoms with Gasteiger partial charge in [-0.3, -0.25) is 14.4 Å². The van der Waals surface area contributed by atoms with Crippen molar-refractivity contribution < 1.29 is 14.4 Å². The molecular weight excluding hydrogens is 460 g/mol. The van der Waals surface area contributed by atoms with E-state index in [0.29, 0.717) is 11.3 Å². The largest absolute Gasteiger partial charge is 0.352 e. The van der Waals surface area contributed by atoms with E-state index in [1.165, 1.54) is 4.90 Å². The molecule has 0 N–H and O–H groups in total. The van der Waals surface area contributed by atoms with E-state index >= 15 is 0 Å². The van der Waals surface area contributed by atoms with E-state index in [9.17, 15) is 14.4 Å². The van der Waals surface area contributed by atoms with Crippen LogP contribution in [0, 0.1) is 18.8 Å². The number of carbonyl (C=O) groups excluding carboxylic acids is 3. The van der Waals surface area contributed by atoms with Crippen LogP contribution >= 0.6 is 0 Å². The Hall–Kier alpha value is -4.51. The van der Waals surface area contributed by atoms with Crippen LogP contribution < -0.4 is 9.80 Å². The Morgan fingerprint density at radius 3 is 2.24 bits per heavy atom. The Bertz CT molecular complexity index is 1620. The maximum absolute atomic E-state index is 14.1. The van der Waals surface area contributed by atoms with Gasteiger partial charge in [0.2, 0.25) is 11.8 Å². The van der Waals surface area contributed by atoms with Gasteiger partial charge in [0.15, 0.2) is 5.78 Å². The van der Waals surface area contributed by atoms with Gasteiger partial charge in [-0.05, 0) is 35.9 Å². The van der Waals surface area contributed by atoms with Crippen molar-refractivity contribution in [1.82, 2.24) is 0 Å². The highest BCUT2D eigenvalue weighted by Gasteiger charge is 2.64. The summed E-state index contributed by atoms with van der Waals surface area (Å²) >= 11 is 0. The average Bonchev–Trinajstić information content (AvgIpc) is 3.41. The second kappa shape index (κ2) is 8.00. The Labute approximate surface area is 214 Å². The molecule has 0 radical (unpaired) electrons. The lowest BCUT2D eigenvalue weighted by Crippen LogP contribution is -2.48. The normalized spacial score (nSPS) is 23.8. The van der Waals surface area contributed by atoms with Gasteiger partial charge in [0.05, 0.1) is 23.6 Å². The zero-order valence-corrected chi connectivity index (χ0v) is 20.2. The average molecular weight is 485 g/mol. The standard InChI is InChI=1S/C32H24N2O3/c1-19-11-14-22(15-12-19)33-31(36)27-26-18-16-24-23-10-6-5-7-20(23)13-17-25(24)34(26)29(28(27)32(33)37)30(35)21-8-3-2-4-9-21/h2-18,26-29H,1H3/t26-,27+,28+,29-/m1/s1. The minimum absolute atomic E-state index is 0.139. The van der Waals surface area contributed by atoms with Crippen LogP contribution in [0.1, 0.15) is 21.5 Å². The Kier molecular flexibility index (Phi) is 4.70. The van der Waals surface area contributed by atoms with Gasteiger partial charge in [-0.25, -0.2) is 4.90 Å². The fourth-order valence-electron chi connectivity index (χ4n) is 6.35. The molecule has 0 aliphatic carbocycles. The van der Waals surface area contributed by atoms with Gasteiger partial charge >= 0.3 is 0 Å². The van der Waals surface area contributed by atoms with Crippen molar-refractivity contribution in [2.45, 2.75) is 19.0 Å². The number of benzene rings is 4. The molecule has 4 aromatic rings. The van der Waals surface area contributed by atoms with E-state index in [4.69, 9.17) is 0 Å². The third kappa shape index (κ3) is 3.07. The van der Waals surface area contributed by atoms with E-state index in [-0.39, 0.29) is 23.6 Å². The molecule has 2 amide bonds. The van der Waals surface area contributed by atoms with Crippen molar-refractivity contribution in [3.8, 4) is 0 Å². The summed E-state index contributed by atoms with van der Waals surface area (Å²) in [6, 6.07) is 27.5. The highest BCUT2D eigenvalue weighted by atomic mass is 16.2. The number of rotatable bonds is 3. The molecular formula is C32H24N2O3. The van der Waals surface area contributed by atoms with Gasteiger partial charge in [-0.15, -0.1) is 0 Å². The van der Waals surface area contributed by atoms with Gasteiger partial charge < -0.3 is 4.90 Å². The number of Topliss-reactive ketones (excluding diaryl/α,β-unsaturated/α-hetero) is 1. The lowest BCUT2D eigenvalue weighted by atomic mass is 9.86. The number of carbonyl (C=O) groups is 3. The van der Waals surface area contributed by atoms with Crippen molar-refractivity contribution in [2.24, 2.45) is 11.8 Å². The highest BCUT2D eigenvalue weighted by molar-refractivity contribution is 6.25. The van der Waals surface area contributed by atoms with Crippen LogP contribution in [0.3, 0.4) is 0 Å². The molecule has 0 spiro atoms. The lowest BCUT2D eigenvalue weighted by Gasteiger charge is -2.37. The van der Waals surface area contributed by atoms with E-state index < -0.39 is 17.9 Å². The molecule has 5 heteroatoms. The third-order valence-corrected chi connectivity index (χ3v) is 8.03. The highest BCUT2D eigenvalue weighted by Crippen LogP contribution is 2.50. The van der Waals surface area contributed by atoms with Crippen LogP contribution in [0.25, 0.3) is 16.8 Å². The number of aryl methyl sites for hydroxylation is 1. The van der Waals surface area contributed by atoms with E-state index in [2.05, 4.69) is 18.2 Å². The third-order valence-electron chi connectivity index (χ3n) is 8.03. The Morgan fingerprint density at radius 2 is 1.46 bits per heavy atom. The maximum Gasteiger partial charge on any atom is 0.240 e. The summed E-state index contributed by atoms with van der Waals surface area (Å²) in [5, 5.41) is 2.18. The lowest BCUT2D eigenvalue weighted by molar-refractivity contribution is -0.122. The number of fused-ring (bicyclic) bond motifs is 7. The predicted octanol–water partition coefficient (Wildman–Crippen LogP) is 5.42. The molecule has 0 unspecified atom stereocenters. The second-order valence-electron chi connectivity index (χ2n) is 10.1. The molecule has 3 heterocycles. The molecule has 0 bridgehead atoms. The molecule has 2 saturated heterocycles. The van der Waals surface area contributed by atoms with Crippen molar-refractivity contribution >= 4 is 45.8 Å². The SMILES string of the molecule is Cc1ccc(N2C(=O)[C@@H]3[C@H](C2=O)[C@H](C(=O)c2ccccc2)N2c4ccc5ccccc5c4C=C[C@H]32)cc1. The summed E-state index contributed by atoms with van der Waals surface area (Å²) in [4.78, 5) is 45.3. The summed E-state index contributed by atoms with van der Waals surface area (Å²) in [5.74, 6) is -2.10. The number of hydrogen-bond acceptors (Lipinski definition) is 4. The van der Waals surface area contributed by atoms with Crippen LogP contribution in [0.4, 0.5) is 11.4 Å². The molecule has 3 aliphatic rings. The van der Waals surface area contributed by atoms with Crippen LogP contribution in [-0.2, 0) is 9.59 Å². The van der Waals surface area contributed by atoms with E-state index in [1.807, 2.05) is 72.5 Å². The first-order chi connectivity index (χ1) is 18.0. The molecule has 5 nitrogen and oxygen atoms in total. The number of ketones is 1. The fraction of sp³-hybridized carbons (Fsp3) is 0.156. The molecule has 3 aliphatic heterocycles. The minimum atomic E-state index is -0.783. The summed E-state index contributed by atoms with van der Waals surface area (Å²) < 4.78 is 0. The van der Waals surface area contributed by atoms with Gasteiger partial charge in [0.25, 0.3) is 0 Å². The Morgan fingerprint density at radius 1 is 0.757 bits per heavy atom. The fourth-order valence-corrected chi connectivity index (χ4v) is 6.35. The molecule has 4 atom stereocenters. The number of amides is 2. The summed E-state index contributed by atoms with van der Waals surface area (Å²) in [7, 11) is 0. The summed E-state index contributed by atoms with van der Waals surface area (Å²) in [6.45, 7) is 1.96. The molecule has 0 saturated carbocycles. The van der Waals surface area contributed by atoms with Crippen LogP contribution in [0.2, 0.25) is 0 Å². The number of nitrogens with zero attached hydrogens (tertiary/aromatic N) is 2. The predicted molar refractivity (Wildman–Crippen MR) is 144 cm³/mol. The number of imide groups is 1. The van der Waals surface area contributed by atoms with E-state index in [0.717, 1.165) is 27.6 Å². The van der Waals surface area contributed by atoms with Crippen LogP contribution in [-0.4, -0.2) is 29.7 Å². The van der Waals surface area contributed by atoms with E-state index in [1.54, 1.807) is 24.3 Å². The number of anilines is 2. The molecule has 0 aromatic heterocycles. The maximum atomic E-state index is 14.1. The smallest absolute Gasteiger partial charge is 0.240 e. The zero-order valence-electron chi connectivity index (χ0n) is 20.2. The van der Waals surface area contributed by atoms with Crippen LogP contribution in [0.5, 0.6) is 0 Å². The molecule has 4 aromatic carbocycles. The molecule has 37 heavy (non-hydrogen) atoms. The van der Waals surface area contributed by atoms with Crippen molar-refractivity contribution in [3.63, 3.8) is 0 Å². The topological polar surface area (TPSA) is 57.7 Å². The first-order valence-electron chi connectivity index (χ1n) is 12.6. The van der Waals surface area contributed by atoms with Gasteiger partial charge in [-0.2, -0.15) is 0 Å². The minimum Gasteiger partial charge on any atom is -0.352 e. The van der Waals surface area contributed by atoms with Gasteiger partial charge in [0.1, 0.15) is 6.04 Å². The summed E-state index contributed by atoms with van der Waals surface area (Å²) in [6.07, 6.45) is 4.06. The second-order valence-corrected chi connectivity index (χ2v) is 10.1. The molecule has 180 valence electrons. The van der Waals surface area contributed by atoms with Crippen molar-refractivity contribution in [1.29, 1.82) is 0 Å². The monoisotopic (exact) mass is 484 g/mol. The van der Waals surface area contributed by atoms with Crippen molar-refractivity contribution in [3.05, 3.63) is 114 Å². The summed E-state index contributed by atoms with van der Waals surface area (Å²) in [5.41, 5.74) is 4.04. The Balaban J connectivity index is 1.40. The first-order valence-corrected chi connectivity index (χ1v) is 12.6. The van der Waals surface area contributed by atoms with Crippen molar-refractivity contribution in [2.75, 3.05) is 9.80 Å². The number of hydrogen-bond donors (Lipinski definition) is 0. The van der Waals surface area contributed by atoms with Gasteiger partial charge in [0, 0.05) is 16.8 Å². The molecule has 2 fully saturated rings. The molecule has 7 rings (SSSR count). The quantitative estimate of drug-likeness (QED) is 0.288.